The Bertz CT molecular complexity index is 939. The molecule has 2 heterocycles. The Morgan fingerprint density at radius 3 is 2.77 bits per heavy atom. The highest BCUT2D eigenvalue weighted by Gasteiger charge is 2.27. The van der Waals surface area contributed by atoms with Crippen molar-refractivity contribution in [2.75, 3.05) is 13.2 Å². The molecule has 1 aromatic heterocycles. The van der Waals surface area contributed by atoms with Gasteiger partial charge in [0.05, 0.1) is 37.1 Å². The second-order valence-electron chi connectivity index (χ2n) is 6.01. The summed E-state index contributed by atoms with van der Waals surface area (Å²) in [6.07, 6.45) is 0.432. The van der Waals surface area contributed by atoms with E-state index < -0.39 is 11.5 Å². The van der Waals surface area contributed by atoms with Crippen LogP contribution in [0.25, 0.3) is 0 Å². The van der Waals surface area contributed by atoms with Crippen molar-refractivity contribution < 1.29 is 14.6 Å². The van der Waals surface area contributed by atoms with Gasteiger partial charge in [0, 0.05) is 18.5 Å². The number of hydrogen-bond donors (Lipinski definition) is 2. The third-order valence-electron chi connectivity index (χ3n) is 4.38. The zero-order valence-corrected chi connectivity index (χ0v) is 14.4. The van der Waals surface area contributed by atoms with Crippen molar-refractivity contribution in [1.29, 1.82) is 5.26 Å². The van der Waals surface area contributed by atoms with Crippen LogP contribution >= 0.6 is 0 Å². The van der Waals surface area contributed by atoms with Crippen molar-refractivity contribution in [3.05, 3.63) is 62.6 Å². The third-order valence-corrected chi connectivity index (χ3v) is 4.38. The van der Waals surface area contributed by atoms with Crippen LogP contribution in [0.3, 0.4) is 0 Å². The smallest absolute Gasteiger partial charge is 0.267 e. The summed E-state index contributed by atoms with van der Waals surface area (Å²) in [7, 11) is 0. The minimum Gasteiger partial charge on any atom is -0.507 e. The normalized spacial score (nSPS) is 12.9. The Labute approximate surface area is 150 Å². The van der Waals surface area contributed by atoms with Gasteiger partial charge in [0.1, 0.15) is 11.3 Å². The molecule has 2 N–H and O–H groups in total. The van der Waals surface area contributed by atoms with Gasteiger partial charge in [-0.1, -0.05) is 12.1 Å². The maximum Gasteiger partial charge on any atom is 0.267 e. The highest BCUT2D eigenvalue weighted by molar-refractivity contribution is 5.97. The van der Waals surface area contributed by atoms with E-state index in [-0.39, 0.29) is 24.5 Å². The second kappa shape index (κ2) is 7.42. The number of pyridine rings is 1. The Balaban J connectivity index is 2.13. The minimum atomic E-state index is -0.585. The van der Waals surface area contributed by atoms with Crippen LogP contribution in [0.15, 0.2) is 29.1 Å². The van der Waals surface area contributed by atoms with Gasteiger partial charge in [-0.2, -0.15) is 5.26 Å². The maximum absolute atomic E-state index is 12.9. The molecule has 1 amide bonds. The standard InChI is InChI=1S/C19H19N3O4/c1-2-21-18(24)16-17(23)14-7-8-26-11-15(14)22(19(16)25)10-13-5-3-12(9-20)4-6-13/h3-6,23H,2,7-8,10-11H2,1H3,(H,21,24). The van der Waals surface area contributed by atoms with Gasteiger partial charge in [0.25, 0.3) is 11.5 Å². The summed E-state index contributed by atoms with van der Waals surface area (Å²) >= 11 is 0. The van der Waals surface area contributed by atoms with Crippen molar-refractivity contribution in [2.24, 2.45) is 0 Å². The monoisotopic (exact) mass is 353 g/mol. The average molecular weight is 353 g/mol. The number of rotatable bonds is 4. The molecule has 26 heavy (non-hydrogen) atoms. The largest absolute Gasteiger partial charge is 0.507 e. The number of fused-ring (bicyclic) bond motifs is 1. The highest BCUT2D eigenvalue weighted by atomic mass is 16.5. The Kier molecular flexibility index (Phi) is 5.05. The number of carbonyl (C=O) groups is 1. The molecule has 0 atom stereocenters. The molecule has 3 rings (SSSR count). The topological polar surface area (TPSA) is 104 Å². The number of nitrogens with one attached hydrogen (secondary N) is 1. The third kappa shape index (κ3) is 3.19. The SMILES string of the molecule is CCNC(=O)c1c(O)c2c(n(Cc3ccc(C#N)cc3)c1=O)COCC2. The van der Waals surface area contributed by atoms with Gasteiger partial charge in [-0.3, -0.25) is 9.59 Å². The van der Waals surface area contributed by atoms with E-state index in [4.69, 9.17) is 10.00 Å². The molecular formula is C19H19N3O4. The van der Waals surface area contributed by atoms with Crippen LogP contribution in [0.5, 0.6) is 5.75 Å². The molecule has 0 aliphatic carbocycles. The maximum atomic E-state index is 12.9. The van der Waals surface area contributed by atoms with Crippen LogP contribution in [0.4, 0.5) is 0 Å². The van der Waals surface area contributed by atoms with Gasteiger partial charge in [0.15, 0.2) is 0 Å². The van der Waals surface area contributed by atoms with E-state index in [1.165, 1.54) is 4.57 Å². The van der Waals surface area contributed by atoms with Crippen LogP contribution < -0.4 is 10.9 Å². The Morgan fingerprint density at radius 1 is 1.38 bits per heavy atom. The molecule has 0 radical (unpaired) electrons. The van der Waals surface area contributed by atoms with E-state index in [1.807, 2.05) is 0 Å². The Morgan fingerprint density at radius 2 is 2.12 bits per heavy atom. The van der Waals surface area contributed by atoms with Gasteiger partial charge < -0.3 is 19.7 Å². The van der Waals surface area contributed by atoms with Crippen molar-refractivity contribution in [1.82, 2.24) is 9.88 Å². The molecule has 134 valence electrons. The number of amides is 1. The molecule has 1 aliphatic rings. The number of aromatic hydroxyl groups is 1. The van der Waals surface area contributed by atoms with Gasteiger partial charge in [-0.15, -0.1) is 0 Å². The molecule has 7 nitrogen and oxygen atoms in total. The van der Waals surface area contributed by atoms with Gasteiger partial charge in [0.2, 0.25) is 0 Å². The average Bonchev–Trinajstić information content (AvgIpc) is 2.66. The van der Waals surface area contributed by atoms with E-state index in [0.717, 1.165) is 5.56 Å². The van der Waals surface area contributed by atoms with Crippen molar-refractivity contribution in [2.45, 2.75) is 26.5 Å². The molecule has 0 saturated carbocycles. The number of benzene rings is 1. The lowest BCUT2D eigenvalue weighted by atomic mass is 10.0. The van der Waals surface area contributed by atoms with Crippen LogP contribution in [0.2, 0.25) is 0 Å². The molecular weight excluding hydrogens is 334 g/mol. The van der Waals surface area contributed by atoms with Crippen LogP contribution in [-0.2, 0) is 24.3 Å². The second-order valence-corrected chi connectivity index (χ2v) is 6.01. The predicted octanol–water partition coefficient (Wildman–Crippen LogP) is 1.30. The molecule has 0 saturated heterocycles. The molecule has 0 spiro atoms. The van der Waals surface area contributed by atoms with E-state index in [0.29, 0.717) is 36.4 Å². The lowest BCUT2D eigenvalue weighted by Crippen LogP contribution is -2.37. The van der Waals surface area contributed by atoms with E-state index in [1.54, 1.807) is 31.2 Å². The summed E-state index contributed by atoms with van der Waals surface area (Å²) in [5.41, 5.74) is 1.71. The summed E-state index contributed by atoms with van der Waals surface area (Å²) in [6, 6.07) is 8.93. The number of aromatic nitrogens is 1. The van der Waals surface area contributed by atoms with Crippen LogP contribution in [-0.4, -0.2) is 28.7 Å². The molecule has 1 aliphatic heterocycles. The Hall–Kier alpha value is -3.11. The quantitative estimate of drug-likeness (QED) is 0.862. The first-order valence-electron chi connectivity index (χ1n) is 8.39. The van der Waals surface area contributed by atoms with Crippen molar-refractivity contribution in [3.63, 3.8) is 0 Å². The van der Waals surface area contributed by atoms with Gasteiger partial charge in [-0.25, -0.2) is 0 Å². The fourth-order valence-corrected chi connectivity index (χ4v) is 3.07. The van der Waals surface area contributed by atoms with E-state index >= 15 is 0 Å². The zero-order chi connectivity index (χ0) is 18.7. The fraction of sp³-hybridized carbons (Fsp3) is 0.316. The number of nitriles is 1. The summed E-state index contributed by atoms with van der Waals surface area (Å²) < 4.78 is 6.93. The molecule has 7 heteroatoms. The zero-order valence-electron chi connectivity index (χ0n) is 14.4. The van der Waals surface area contributed by atoms with Gasteiger partial charge in [-0.05, 0) is 24.6 Å². The minimum absolute atomic E-state index is 0.199. The summed E-state index contributed by atoms with van der Waals surface area (Å²) in [4.78, 5) is 25.2. The van der Waals surface area contributed by atoms with Crippen LogP contribution in [0, 0.1) is 11.3 Å². The van der Waals surface area contributed by atoms with Crippen molar-refractivity contribution in [3.8, 4) is 11.8 Å². The fourth-order valence-electron chi connectivity index (χ4n) is 3.07. The molecule has 2 aromatic rings. The summed E-state index contributed by atoms with van der Waals surface area (Å²) in [5.74, 6) is -0.840. The number of hydrogen-bond acceptors (Lipinski definition) is 5. The summed E-state index contributed by atoms with van der Waals surface area (Å²) in [6.45, 7) is 2.95. The lowest BCUT2D eigenvalue weighted by Gasteiger charge is -2.24. The number of carbonyl (C=O) groups excluding carboxylic acids is 1. The molecule has 1 aromatic carbocycles. The molecule has 0 fully saturated rings. The predicted molar refractivity (Wildman–Crippen MR) is 94.0 cm³/mol. The first-order valence-corrected chi connectivity index (χ1v) is 8.39. The van der Waals surface area contributed by atoms with E-state index in [9.17, 15) is 14.7 Å². The first kappa shape index (κ1) is 17.7. The highest BCUT2D eigenvalue weighted by Crippen LogP contribution is 2.28. The number of nitrogens with zero attached hydrogens (tertiary/aromatic N) is 2. The van der Waals surface area contributed by atoms with E-state index in [2.05, 4.69) is 11.4 Å². The number of ether oxygens (including phenoxy) is 1. The lowest BCUT2D eigenvalue weighted by molar-refractivity contribution is 0.0937. The summed E-state index contributed by atoms with van der Waals surface area (Å²) in [5, 5.41) is 22.0. The first-order chi connectivity index (χ1) is 12.6. The van der Waals surface area contributed by atoms with Crippen LogP contribution in [0.1, 0.15) is 39.7 Å². The molecule has 0 bridgehead atoms. The van der Waals surface area contributed by atoms with Crippen molar-refractivity contribution >= 4 is 5.91 Å². The van der Waals surface area contributed by atoms with Gasteiger partial charge >= 0.3 is 0 Å². The molecule has 0 unspecified atom stereocenters.